The number of halogens is 1. The van der Waals surface area contributed by atoms with E-state index in [0.29, 0.717) is 27.8 Å². The van der Waals surface area contributed by atoms with Crippen LogP contribution in [0.25, 0.3) is 6.08 Å². The third kappa shape index (κ3) is 5.14. The van der Waals surface area contributed by atoms with Crippen LogP contribution in [0.5, 0.6) is 0 Å². The zero-order valence-electron chi connectivity index (χ0n) is 13.3. The number of thioether (sulfide) groups is 1. The maximum atomic E-state index is 13.2. The number of carbonyl (C=O) groups is 2. The first kappa shape index (κ1) is 18.6. The van der Waals surface area contributed by atoms with Crippen LogP contribution in [0.4, 0.5) is 4.39 Å². The van der Waals surface area contributed by atoms with Crippen LogP contribution in [0.3, 0.4) is 0 Å². The lowest BCUT2D eigenvalue weighted by Gasteiger charge is -2.13. The molecule has 0 spiro atoms. The van der Waals surface area contributed by atoms with Crippen molar-refractivity contribution < 1.29 is 18.7 Å². The predicted octanol–water partition coefficient (Wildman–Crippen LogP) is 3.76. The summed E-state index contributed by atoms with van der Waals surface area (Å²) in [6.07, 6.45) is 4.33. The Labute approximate surface area is 150 Å². The van der Waals surface area contributed by atoms with Gasteiger partial charge in [0.2, 0.25) is 0 Å². The van der Waals surface area contributed by atoms with E-state index >= 15 is 0 Å². The van der Waals surface area contributed by atoms with Gasteiger partial charge in [-0.25, -0.2) is 4.39 Å². The molecule has 0 aliphatic carbocycles. The first-order valence-corrected chi connectivity index (χ1v) is 8.81. The van der Waals surface area contributed by atoms with Crippen molar-refractivity contribution in [1.82, 2.24) is 4.90 Å². The Hall–Kier alpha value is -1.73. The van der Waals surface area contributed by atoms with E-state index < -0.39 is 0 Å². The third-order valence-electron chi connectivity index (χ3n) is 3.51. The van der Waals surface area contributed by atoms with Crippen LogP contribution < -0.4 is 0 Å². The van der Waals surface area contributed by atoms with Gasteiger partial charge < -0.3 is 4.74 Å². The number of thiocarbonyl (C=S) groups is 1. The Bertz CT molecular complexity index is 676. The van der Waals surface area contributed by atoms with Crippen LogP contribution in [0.2, 0.25) is 0 Å². The molecule has 1 aliphatic rings. The molecule has 1 aromatic rings. The van der Waals surface area contributed by atoms with Gasteiger partial charge in [-0.3, -0.25) is 14.5 Å². The number of nitrogens with zero attached hydrogens (tertiary/aromatic N) is 1. The minimum atomic E-state index is -0.343. The summed E-state index contributed by atoms with van der Waals surface area (Å²) >= 11 is 6.48. The molecule has 0 atom stereocenters. The van der Waals surface area contributed by atoms with Gasteiger partial charge in [-0.05, 0) is 36.6 Å². The molecule has 0 N–H and O–H groups in total. The number of carbonyl (C=O) groups excluding carboxylic acids is 2. The number of ether oxygens (including phenoxy) is 1. The highest BCUT2D eigenvalue weighted by atomic mass is 32.2. The number of esters is 1. The van der Waals surface area contributed by atoms with Crippen molar-refractivity contribution in [3.05, 3.63) is 40.6 Å². The molecular formula is C17H18FNO3S2. The monoisotopic (exact) mass is 367 g/mol. The van der Waals surface area contributed by atoms with E-state index in [9.17, 15) is 14.0 Å². The molecule has 1 aliphatic heterocycles. The van der Waals surface area contributed by atoms with E-state index in [2.05, 4.69) is 4.74 Å². The van der Waals surface area contributed by atoms with Crippen molar-refractivity contribution in [2.75, 3.05) is 13.7 Å². The fraction of sp³-hybridized carbons (Fsp3) is 0.353. The average molecular weight is 367 g/mol. The highest BCUT2D eigenvalue weighted by Gasteiger charge is 2.31. The molecule has 4 nitrogen and oxygen atoms in total. The number of benzene rings is 1. The van der Waals surface area contributed by atoms with Crippen molar-refractivity contribution >= 4 is 46.3 Å². The van der Waals surface area contributed by atoms with Crippen LogP contribution in [0.1, 0.15) is 31.2 Å². The summed E-state index contributed by atoms with van der Waals surface area (Å²) in [5.74, 6) is -0.717. The SMILES string of the molecule is COC(=O)CCCCCN1C(=O)/C(=C/c2cccc(F)c2)SC1=S. The molecule has 2 rings (SSSR count). The van der Waals surface area contributed by atoms with E-state index in [1.807, 2.05) is 0 Å². The molecule has 0 saturated carbocycles. The fourth-order valence-corrected chi connectivity index (χ4v) is 3.57. The second-order valence-corrected chi connectivity index (χ2v) is 6.95. The smallest absolute Gasteiger partial charge is 0.305 e. The summed E-state index contributed by atoms with van der Waals surface area (Å²) in [7, 11) is 1.37. The van der Waals surface area contributed by atoms with Gasteiger partial charge in [0.15, 0.2) is 0 Å². The minimum absolute atomic E-state index is 0.151. The predicted molar refractivity (Wildman–Crippen MR) is 96.8 cm³/mol. The van der Waals surface area contributed by atoms with E-state index in [4.69, 9.17) is 12.2 Å². The number of hydrogen-bond donors (Lipinski definition) is 0. The van der Waals surface area contributed by atoms with Crippen molar-refractivity contribution in [3.63, 3.8) is 0 Å². The van der Waals surface area contributed by atoms with Crippen LogP contribution in [0.15, 0.2) is 29.2 Å². The zero-order valence-corrected chi connectivity index (χ0v) is 14.9. The number of unbranched alkanes of at least 4 members (excludes halogenated alkanes) is 2. The molecule has 1 fully saturated rings. The summed E-state index contributed by atoms with van der Waals surface area (Å²) < 4.78 is 18.3. The lowest BCUT2D eigenvalue weighted by atomic mass is 10.2. The molecule has 1 heterocycles. The Morgan fingerprint density at radius 3 is 2.88 bits per heavy atom. The summed E-state index contributed by atoms with van der Waals surface area (Å²) in [6.45, 7) is 0.520. The summed E-state index contributed by atoms with van der Waals surface area (Å²) in [4.78, 5) is 25.5. The summed E-state index contributed by atoms with van der Waals surface area (Å²) in [6, 6.07) is 6.07. The second-order valence-electron chi connectivity index (χ2n) is 5.28. The third-order valence-corrected chi connectivity index (χ3v) is 4.89. The first-order valence-electron chi connectivity index (χ1n) is 7.59. The molecule has 0 bridgehead atoms. The molecule has 1 aromatic carbocycles. The molecular weight excluding hydrogens is 349 g/mol. The lowest BCUT2D eigenvalue weighted by molar-refractivity contribution is -0.140. The highest BCUT2D eigenvalue weighted by molar-refractivity contribution is 8.26. The van der Waals surface area contributed by atoms with Gasteiger partial charge in [-0.15, -0.1) is 0 Å². The number of amides is 1. The number of hydrogen-bond acceptors (Lipinski definition) is 5. The van der Waals surface area contributed by atoms with Crippen LogP contribution >= 0.6 is 24.0 Å². The van der Waals surface area contributed by atoms with Gasteiger partial charge >= 0.3 is 5.97 Å². The topological polar surface area (TPSA) is 46.6 Å². The fourth-order valence-electron chi connectivity index (χ4n) is 2.26. The normalized spacial score (nSPS) is 16.1. The molecule has 0 radical (unpaired) electrons. The maximum absolute atomic E-state index is 13.2. The van der Waals surface area contributed by atoms with Crippen LogP contribution in [-0.2, 0) is 14.3 Å². The van der Waals surface area contributed by atoms with Gasteiger partial charge in [0.05, 0.1) is 12.0 Å². The van der Waals surface area contributed by atoms with Gasteiger partial charge in [-0.1, -0.05) is 42.5 Å². The quantitative estimate of drug-likeness (QED) is 0.318. The number of methoxy groups -OCH3 is 1. The summed E-state index contributed by atoms with van der Waals surface area (Å²) in [5.41, 5.74) is 0.633. The Morgan fingerprint density at radius 2 is 2.17 bits per heavy atom. The molecule has 0 aromatic heterocycles. The van der Waals surface area contributed by atoms with Gasteiger partial charge in [0.1, 0.15) is 10.1 Å². The molecule has 1 amide bonds. The van der Waals surface area contributed by atoms with Crippen LogP contribution in [0, 0.1) is 5.82 Å². The van der Waals surface area contributed by atoms with Crippen molar-refractivity contribution in [2.45, 2.75) is 25.7 Å². The summed E-state index contributed by atoms with van der Waals surface area (Å²) in [5, 5.41) is 0. The van der Waals surface area contributed by atoms with E-state index in [1.54, 1.807) is 23.1 Å². The van der Waals surface area contributed by atoms with Crippen molar-refractivity contribution in [1.29, 1.82) is 0 Å². The van der Waals surface area contributed by atoms with E-state index in [0.717, 1.165) is 19.3 Å². The Morgan fingerprint density at radius 1 is 1.38 bits per heavy atom. The molecule has 128 valence electrons. The van der Waals surface area contributed by atoms with Gasteiger partial charge in [0.25, 0.3) is 5.91 Å². The molecule has 0 unspecified atom stereocenters. The van der Waals surface area contributed by atoms with Crippen molar-refractivity contribution in [2.24, 2.45) is 0 Å². The van der Waals surface area contributed by atoms with Gasteiger partial charge in [0, 0.05) is 13.0 Å². The van der Waals surface area contributed by atoms with Crippen molar-refractivity contribution in [3.8, 4) is 0 Å². The first-order chi connectivity index (χ1) is 11.5. The lowest BCUT2D eigenvalue weighted by Crippen LogP contribution is -2.29. The molecule has 7 heteroatoms. The standard InChI is InChI=1S/C17H18FNO3S2/c1-22-15(20)8-3-2-4-9-19-16(21)14(24-17(19)23)11-12-6-5-7-13(18)10-12/h5-7,10-11H,2-4,8-9H2,1H3/b14-11-. The van der Waals surface area contributed by atoms with E-state index in [1.165, 1.54) is 31.0 Å². The van der Waals surface area contributed by atoms with Crippen LogP contribution in [-0.4, -0.2) is 34.8 Å². The van der Waals surface area contributed by atoms with Gasteiger partial charge in [-0.2, -0.15) is 0 Å². The van der Waals surface area contributed by atoms with E-state index in [-0.39, 0.29) is 17.7 Å². The minimum Gasteiger partial charge on any atom is -0.469 e. The molecule has 24 heavy (non-hydrogen) atoms. The zero-order chi connectivity index (χ0) is 17.5. The second kappa shape index (κ2) is 8.94. The Kier molecular flexibility index (Phi) is 6.93. The largest absolute Gasteiger partial charge is 0.469 e. The number of rotatable bonds is 7. The highest BCUT2D eigenvalue weighted by Crippen LogP contribution is 2.32. The maximum Gasteiger partial charge on any atom is 0.305 e. The molecule has 1 saturated heterocycles. The average Bonchev–Trinajstić information content (AvgIpc) is 2.81. The Balaban J connectivity index is 1.88.